The van der Waals surface area contributed by atoms with Crippen molar-refractivity contribution < 1.29 is 9.90 Å². The van der Waals surface area contributed by atoms with Gasteiger partial charge in [0, 0.05) is 6.20 Å². The summed E-state index contributed by atoms with van der Waals surface area (Å²) in [6.07, 6.45) is 4.93. The lowest BCUT2D eigenvalue weighted by Gasteiger charge is -2.02. The molecule has 2 rings (SSSR count). The van der Waals surface area contributed by atoms with Crippen LogP contribution in [0.25, 0.3) is 5.52 Å². The molecule has 0 aliphatic carbocycles. The van der Waals surface area contributed by atoms with Gasteiger partial charge in [-0.25, -0.2) is 9.78 Å². The Morgan fingerprint density at radius 1 is 1.62 bits per heavy atom. The molecule has 0 atom stereocenters. The highest BCUT2D eigenvalue weighted by Crippen LogP contribution is 2.14. The second kappa shape index (κ2) is 2.58. The number of imidazole rings is 1. The molecule has 0 bridgehead atoms. The van der Waals surface area contributed by atoms with E-state index in [2.05, 4.69) is 4.98 Å². The maximum atomic E-state index is 10.9. The lowest BCUT2D eigenvalue weighted by Crippen LogP contribution is -2.02. The normalized spacial score (nSPS) is 10.5. The quantitative estimate of drug-likeness (QED) is 0.713. The number of hydrogen-bond acceptors (Lipinski definition) is 2. The van der Waals surface area contributed by atoms with Crippen LogP contribution >= 0.6 is 0 Å². The van der Waals surface area contributed by atoms with E-state index in [1.807, 2.05) is 0 Å². The maximum absolute atomic E-state index is 10.9. The average molecular weight is 176 g/mol. The molecule has 0 amide bonds. The first-order valence-corrected chi connectivity index (χ1v) is 3.84. The van der Waals surface area contributed by atoms with Crippen molar-refractivity contribution in [1.29, 1.82) is 0 Å². The van der Waals surface area contributed by atoms with Gasteiger partial charge < -0.3 is 9.51 Å². The van der Waals surface area contributed by atoms with Crippen molar-refractivity contribution in [1.82, 2.24) is 9.38 Å². The lowest BCUT2D eigenvalue weighted by atomic mass is 10.1. The summed E-state index contributed by atoms with van der Waals surface area (Å²) < 4.78 is 1.69. The standard InChI is InChI=1S/C9H8N2O2/c1-6-2-3-11-5-10-4-7(11)8(6)9(12)13/h2-5H,1H3,(H,12,13). The molecular formula is C9H8N2O2. The summed E-state index contributed by atoms with van der Waals surface area (Å²) in [5, 5.41) is 8.94. The van der Waals surface area contributed by atoms with Crippen molar-refractivity contribution in [3.8, 4) is 0 Å². The number of fused-ring (bicyclic) bond motifs is 1. The van der Waals surface area contributed by atoms with Gasteiger partial charge >= 0.3 is 5.97 Å². The molecule has 0 unspecified atom stereocenters. The molecule has 0 saturated carbocycles. The molecule has 2 heterocycles. The molecule has 4 nitrogen and oxygen atoms in total. The molecule has 4 heteroatoms. The van der Waals surface area contributed by atoms with Crippen molar-refractivity contribution in [3.05, 3.63) is 35.9 Å². The zero-order chi connectivity index (χ0) is 9.42. The van der Waals surface area contributed by atoms with Gasteiger partial charge in [0.15, 0.2) is 0 Å². The number of hydrogen-bond donors (Lipinski definition) is 1. The van der Waals surface area contributed by atoms with Crippen LogP contribution in [0.3, 0.4) is 0 Å². The molecule has 2 aromatic rings. The monoisotopic (exact) mass is 176 g/mol. The topological polar surface area (TPSA) is 54.6 Å². The minimum atomic E-state index is -0.913. The first-order chi connectivity index (χ1) is 6.20. The van der Waals surface area contributed by atoms with Crippen LogP contribution < -0.4 is 0 Å². The molecule has 0 aliphatic rings. The van der Waals surface area contributed by atoms with Gasteiger partial charge in [0.05, 0.1) is 23.6 Å². The van der Waals surface area contributed by atoms with E-state index in [0.717, 1.165) is 5.56 Å². The summed E-state index contributed by atoms with van der Waals surface area (Å²) in [7, 11) is 0. The second-order valence-corrected chi connectivity index (χ2v) is 2.87. The van der Waals surface area contributed by atoms with Gasteiger partial charge in [-0.2, -0.15) is 0 Å². The van der Waals surface area contributed by atoms with Crippen molar-refractivity contribution in [2.45, 2.75) is 6.92 Å². The van der Waals surface area contributed by atoms with Crippen LogP contribution in [-0.2, 0) is 0 Å². The van der Waals surface area contributed by atoms with E-state index in [-0.39, 0.29) is 0 Å². The van der Waals surface area contributed by atoms with E-state index in [9.17, 15) is 4.79 Å². The fourth-order valence-corrected chi connectivity index (χ4v) is 1.37. The number of rotatable bonds is 1. The average Bonchev–Trinajstić information content (AvgIpc) is 2.50. The molecule has 66 valence electrons. The van der Waals surface area contributed by atoms with E-state index in [1.54, 1.807) is 36.1 Å². The minimum absolute atomic E-state index is 0.319. The zero-order valence-corrected chi connectivity index (χ0v) is 7.06. The fraction of sp³-hybridized carbons (Fsp3) is 0.111. The summed E-state index contributed by atoms with van der Waals surface area (Å²) in [5.41, 5.74) is 1.70. The zero-order valence-electron chi connectivity index (χ0n) is 7.06. The number of carboxylic acids is 1. The third-order valence-corrected chi connectivity index (χ3v) is 2.02. The van der Waals surface area contributed by atoms with Gasteiger partial charge in [-0.15, -0.1) is 0 Å². The molecule has 2 aromatic heterocycles. The minimum Gasteiger partial charge on any atom is -0.478 e. The van der Waals surface area contributed by atoms with Crippen LogP contribution in [0.15, 0.2) is 24.8 Å². The Balaban J connectivity index is 2.88. The van der Waals surface area contributed by atoms with Gasteiger partial charge in [-0.3, -0.25) is 0 Å². The Hall–Kier alpha value is -1.84. The summed E-state index contributed by atoms with van der Waals surface area (Å²) in [6.45, 7) is 1.77. The Morgan fingerprint density at radius 2 is 2.38 bits per heavy atom. The first-order valence-electron chi connectivity index (χ1n) is 3.84. The highest BCUT2D eigenvalue weighted by atomic mass is 16.4. The Morgan fingerprint density at radius 3 is 3.08 bits per heavy atom. The van der Waals surface area contributed by atoms with Crippen LogP contribution in [0, 0.1) is 6.92 Å². The molecule has 13 heavy (non-hydrogen) atoms. The molecule has 0 saturated heterocycles. The van der Waals surface area contributed by atoms with Gasteiger partial charge in [0.1, 0.15) is 0 Å². The number of aryl methyl sites for hydroxylation is 1. The number of pyridine rings is 1. The van der Waals surface area contributed by atoms with E-state index < -0.39 is 5.97 Å². The largest absolute Gasteiger partial charge is 0.478 e. The number of aromatic carboxylic acids is 1. The Kier molecular flexibility index (Phi) is 1.55. The number of carboxylic acid groups (broad SMARTS) is 1. The molecular weight excluding hydrogens is 168 g/mol. The van der Waals surface area contributed by atoms with Crippen molar-refractivity contribution in [2.24, 2.45) is 0 Å². The molecule has 0 aliphatic heterocycles. The predicted octanol–water partition coefficient (Wildman–Crippen LogP) is 1.34. The van der Waals surface area contributed by atoms with Crippen molar-refractivity contribution in [2.75, 3.05) is 0 Å². The predicted molar refractivity (Wildman–Crippen MR) is 46.9 cm³/mol. The molecule has 0 spiro atoms. The van der Waals surface area contributed by atoms with Crippen LogP contribution in [0.2, 0.25) is 0 Å². The summed E-state index contributed by atoms with van der Waals surface area (Å²) in [5.74, 6) is -0.913. The number of aromatic nitrogens is 2. The summed E-state index contributed by atoms with van der Waals surface area (Å²) in [6, 6.07) is 1.76. The van der Waals surface area contributed by atoms with E-state index >= 15 is 0 Å². The second-order valence-electron chi connectivity index (χ2n) is 2.87. The Bertz CT molecular complexity index is 473. The van der Waals surface area contributed by atoms with Crippen LogP contribution in [-0.4, -0.2) is 20.5 Å². The Labute approximate surface area is 74.5 Å². The van der Waals surface area contributed by atoms with E-state index in [1.165, 1.54) is 0 Å². The van der Waals surface area contributed by atoms with Gasteiger partial charge in [0.2, 0.25) is 0 Å². The maximum Gasteiger partial charge on any atom is 0.338 e. The lowest BCUT2D eigenvalue weighted by molar-refractivity contribution is 0.0698. The summed E-state index contributed by atoms with van der Waals surface area (Å²) >= 11 is 0. The number of carbonyl (C=O) groups is 1. The van der Waals surface area contributed by atoms with E-state index in [0.29, 0.717) is 11.1 Å². The van der Waals surface area contributed by atoms with E-state index in [4.69, 9.17) is 5.11 Å². The third-order valence-electron chi connectivity index (χ3n) is 2.02. The van der Waals surface area contributed by atoms with Crippen LogP contribution in [0.1, 0.15) is 15.9 Å². The van der Waals surface area contributed by atoms with Crippen LogP contribution in [0.4, 0.5) is 0 Å². The first kappa shape index (κ1) is 7.79. The molecule has 1 N–H and O–H groups in total. The molecule has 0 fully saturated rings. The van der Waals surface area contributed by atoms with Crippen molar-refractivity contribution in [3.63, 3.8) is 0 Å². The molecule has 0 radical (unpaired) electrons. The molecule has 0 aromatic carbocycles. The third kappa shape index (κ3) is 1.07. The van der Waals surface area contributed by atoms with Gasteiger partial charge in [-0.1, -0.05) is 0 Å². The highest BCUT2D eigenvalue weighted by molar-refractivity contribution is 5.96. The highest BCUT2D eigenvalue weighted by Gasteiger charge is 2.11. The smallest absolute Gasteiger partial charge is 0.338 e. The SMILES string of the molecule is Cc1ccn2cncc2c1C(=O)O. The summed E-state index contributed by atoms with van der Waals surface area (Å²) in [4.78, 5) is 14.8. The fourth-order valence-electron chi connectivity index (χ4n) is 1.37. The van der Waals surface area contributed by atoms with Crippen molar-refractivity contribution >= 4 is 11.5 Å². The van der Waals surface area contributed by atoms with Crippen LogP contribution in [0.5, 0.6) is 0 Å². The number of nitrogens with zero attached hydrogens (tertiary/aromatic N) is 2. The van der Waals surface area contributed by atoms with Gasteiger partial charge in [-0.05, 0) is 18.6 Å². The van der Waals surface area contributed by atoms with Gasteiger partial charge in [0.25, 0.3) is 0 Å².